The van der Waals surface area contributed by atoms with Gasteiger partial charge in [-0.25, -0.2) is 18.8 Å². The number of amides is 1. The van der Waals surface area contributed by atoms with E-state index < -0.39 is 66.4 Å². The van der Waals surface area contributed by atoms with Crippen LogP contribution in [0.4, 0.5) is 22.4 Å². The first kappa shape index (κ1) is 29.0. The third-order valence-corrected chi connectivity index (χ3v) is 4.21. The van der Waals surface area contributed by atoms with Crippen molar-refractivity contribution in [3.63, 3.8) is 0 Å². The van der Waals surface area contributed by atoms with Crippen LogP contribution in [-0.2, 0) is 25.5 Å². The Morgan fingerprint density at radius 3 is 1.94 bits per heavy atom. The molecule has 0 saturated heterocycles. The Hall–Kier alpha value is -3.05. The fourth-order valence-corrected chi connectivity index (χ4v) is 2.74. The zero-order valence-corrected chi connectivity index (χ0v) is 19.7. The van der Waals surface area contributed by atoms with Gasteiger partial charge in [0.05, 0.1) is 0 Å². The number of benzene rings is 1. The van der Waals surface area contributed by atoms with Crippen LogP contribution >= 0.6 is 0 Å². The highest BCUT2D eigenvalue weighted by atomic mass is 19.4. The summed E-state index contributed by atoms with van der Waals surface area (Å²) in [7, 11) is 1.20. The molecule has 0 spiro atoms. The molecule has 1 aromatic rings. The number of alkyl halides is 4. The highest BCUT2D eigenvalue weighted by Crippen LogP contribution is 2.25. The largest absolute Gasteiger partial charge is 0.573 e. The Balaban J connectivity index is 3.03. The molecule has 0 heterocycles. The summed E-state index contributed by atoms with van der Waals surface area (Å²) in [6.07, 6.45) is -8.47. The van der Waals surface area contributed by atoms with Crippen LogP contribution in [0.3, 0.4) is 0 Å². The van der Waals surface area contributed by atoms with Gasteiger partial charge in [-0.3, -0.25) is 4.90 Å². The van der Waals surface area contributed by atoms with Gasteiger partial charge in [-0.15, -0.1) is 13.2 Å². The van der Waals surface area contributed by atoms with Gasteiger partial charge in [0.15, 0.2) is 0 Å². The topological polar surface area (TPSA) is 102 Å². The van der Waals surface area contributed by atoms with E-state index in [4.69, 9.17) is 9.47 Å². The highest BCUT2D eigenvalue weighted by molar-refractivity contribution is 5.84. The van der Waals surface area contributed by atoms with Gasteiger partial charge >= 0.3 is 24.4 Å². The standard InChI is InChI=1S/C22H29F4NO7/c1-20(2,3)34-19(31)27(6)15(12-21(4,5)23)18(30)32-16(17(28)29)11-13-7-9-14(10-8-13)33-22(24,25)26/h7-10,15-16H,11-12H2,1-6H3,(H,28,29)/t15-,16+/m0/s1. The number of carbonyl (C=O) groups excluding carboxylic acids is 2. The van der Waals surface area contributed by atoms with Gasteiger partial charge in [0.2, 0.25) is 6.10 Å². The van der Waals surface area contributed by atoms with Crippen LogP contribution in [0.1, 0.15) is 46.6 Å². The fourth-order valence-electron chi connectivity index (χ4n) is 2.74. The Labute approximate surface area is 194 Å². The zero-order valence-electron chi connectivity index (χ0n) is 19.7. The van der Waals surface area contributed by atoms with Gasteiger partial charge in [-0.05, 0) is 52.3 Å². The monoisotopic (exact) mass is 495 g/mol. The number of ether oxygens (including phenoxy) is 3. The minimum atomic E-state index is -4.89. The van der Waals surface area contributed by atoms with Crippen molar-refractivity contribution in [2.45, 2.75) is 77.2 Å². The molecule has 12 heteroatoms. The molecule has 8 nitrogen and oxygen atoms in total. The average molecular weight is 495 g/mol. The second-order valence-electron chi connectivity index (χ2n) is 9.19. The third kappa shape index (κ3) is 10.7. The molecule has 0 saturated carbocycles. The summed E-state index contributed by atoms with van der Waals surface area (Å²) < 4.78 is 65.2. The maximum absolute atomic E-state index is 14.4. The van der Waals surface area contributed by atoms with E-state index in [1.807, 2.05) is 0 Å². The van der Waals surface area contributed by atoms with Crippen LogP contribution in [0.2, 0.25) is 0 Å². The maximum Gasteiger partial charge on any atom is 0.573 e. The molecule has 192 valence electrons. The van der Waals surface area contributed by atoms with Crippen LogP contribution in [0.25, 0.3) is 0 Å². The van der Waals surface area contributed by atoms with Gasteiger partial charge < -0.3 is 19.3 Å². The van der Waals surface area contributed by atoms with E-state index in [9.17, 15) is 37.1 Å². The number of carboxylic acid groups (broad SMARTS) is 1. The summed E-state index contributed by atoms with van der Waals surface area (Å²) in [5.74, 6) is -3.23. The fraction of sp³-hybridized carbons (Fsp3) is 0.591. The Kier molecular flexibility index (Phi) is 9.31. The van der Waals surface area contributed by atoms with Crippen molar-refractivity contribution in [1.82, 2.24) is 4.90 Å². The minimum absolute atomic E-state index is 0.234. The normalized spacial score (nSPS) is 14.1. The summed E-state index contributed by atoms with van der Waals surface area (Å²) in [6.45, 7) is 7.13. The second-order valence-corrected chi connectivity index (χ2v) is 9.19. The van der Waals surface area contributed by atoms with Crippen LogP contribution in [0.5, 0.6) is 5.75 Å². The lowest BCUT2D eigenvalue weighted by Crippen LogP contribution is -2.49. The first-order chi connectivity index (χ1) is 15.3. The van der Waals surface area contributed by atoms with Crippen LogP contribution in [0.15, 0.2) is 24.3 Å². The number of nitrogens with zero attached hydrogens (tertiary/aromatic N) is 1. The summed E-state index contributed by atoms with van der Waals surface area (Å²) in [5, 5.41) is 9.48. The summed E-state index contributed by atoms with van der Waals surface area (Å²) in [5.41, 5.74) is -2.60. The molecule has 1 rings (SSSR count). The maximum atomic E-state index is 14.4. The van der Waals surface area contributed by atoms with Crippen molar-refractivity contribution in [3.8, 4) is 5.75 Å². The minimum Gasteiger partial charge on any atom is -0.478 e. The molecular formula is C22H29F4NO7. The molecule has 0 radical (unpaired) electrons. The lowest BCUT2D eigenvalue weighted by Gasteiger charge is -2.32. The summed E-state index contributed by atoms with van der Waals surface area (Å²) in [4.78, 5) is 37.7. The van der Waals surface area contributed by atoms with E-state index in [0.717, 1.165) is 17.0 Å². The first-order valence-electron chi connectivity index (χ1n) is 10.2. The van der Waals surface area contributed by atoms with Gasteiger partial charge in [-0.2, -0.15) is 0 Å². The second kappa shape index (κ2) is 10.9. The number of halogens is 4. The quantitative estimate of drug-likeness (QED) is 0.398. The van der Waals surface area contributed by atoms with E-state index >= 15 is 0 Å². The van der Waals surface area contributed by atoms with Gasteiger partial charge in [0, 0.05) is 19.9 Å². The van der Waals surface area contributed by atoms with E-state index in [1.54, 1.807) is 20.8 Å². The summed E-state index contributed by atoms with van der Waals surface area (Å²) >= 11 is 0. The molecule has 0 aliphatic heterocycles. The Bertz CT molecular complexity index is 858. The predicted octanol–water partition coefficient (Wildman–Crippen LogP) is 4.50. The van der Waals surface area contributed by atoms with Crippen molar-refractivity contribution in [2.24, 2.45) is 0 Å². The highest BCUT2D eigenvalue weighted by Gasteiger charge is 2.38. The number of aliphatic carboxylic acids is 1. The molecule has 1 N–H and O–H groups in total. The van der Waals surface area contributed by atoms with Crippen molar-refractivity contribution >= 4 is 18.0 Å². The smallest absolute Gasteiger partial charge is 0.478 e. The van der Waals surface area contributed by atoms with Crippen LogP contribution in [-0.4, -0.2) is 64.9 Å². The van der Waals surface area contributed by atoms with Crippen LogP contribution in [0, 0.1) is 0 Å². The lowest BCUT2D eigenvalue weighted by atomic mass is 10.00. The molecule has 0 bridgehead atoms. The van der Waals surface area contributed by atoms with E-state index in [0.29, 0.717) is 0 Å². The molecule has 0 fully saturated rings. The van der Waals surface area contributed by atoms with E-state index in [2.05, 4.69) is 4.74 Å². The van der Waals surface area contributed by atoms with Gasteiger partial charge in [-0.1, -0.05) is 12.1 Å². The number of likely N-dealkylation sites (N-methyl/N-ethyl adjacent to an activating group) is 1. The lowest BCUT2D eigenvalue weighted by molar-refractivity contribution is -0.274. The average Bonchev–Trinajstić information content (AvgIpc) is 2.63. The predicted molar refractivity (Wildman–Crippen MR) is 112 cm³/mol. The Morgan fingerprint density at radius 2 is 1.53 bits per heavy atom. The zero-order chi connectivity index (χ0) is 26.5. The molecule has 2 atom stereocenters. The molecule has 1 amide bonds. The molecule has 1 aromatic carbocycles. The molecular weight excluding hydrogens is 466 g/mol. The van der Waals surface area contributed by atoms with Crippen molar-refractivity contribution in [1.29, 1.82) is 0 Å². The van der Waals surface area contributed by atoms with Crippen molar-refractivity contribution in [3.05, 3.63) is 29.8 Å². The van der Waals surface area contributed by atoms with Gasteiger partial charge in [0.25, 0.3) is 0 Å². The number of hydrogen-bond donors (Lipinski definition) is 1. The number of esters is 1. The number of rotatable bonds is 9. The van der Waals surface area contributed by atoms with Crippen LogP contribution < -0.4 is 4.74 Å². The van der Waals surface area contributed by atoms with E-state index in [-0.39, 0.29) is 5.56 Å². The molecule has 0 aliphatic carbocycles. The van der Waals surface area contributed by atoms with Crippen molar-refractivity contribution < 1.29 is 51.3 Å². The summed E-state index contributed by atoms with van der Waals surface area (Å²) in [6, 6.07) is 2.82. The van der Waals surface area contributed by atoms with Gasteiger partial charge in [0.1, 0.15) is 23.1 Å². The molecule has 0 unspecified atom stereocenters. The molecule has 0 aromatic heterocycles. The number of hydrogen-bond acceptors (Lipinski definition) is 6. The molecule has 0 aliphatic rings. The van der Waals surface area contributed by atoms with Crippen molar-refractivity contribution in [2.75, 3.05) is 7.05 Å². The first-order valence-corrected chi connectivity index (χ1v) is 10.2. The van der Waals surface area contributed by atoms with E-state index in [1.165, 1.54) is 33.0 Å². The SMILES string of the molecule is CN(C(=O)OC(C)(C)C)[C@@H](CC(C)(C)F)C(=O)O[C@H](Cc1ccc(OC(F)(F)F)cc1)C(=O)O. The third-order valence-electron chi connectivity index (χ3n) is 4.21. The molecule has 34 heavy (non-hydrogen) atoms. The Morgan fingerprint density at radius 1 is 1.00 bits per heavy atom. The number of carboxylic acids is 1. The number of carbonyl (C=O) groups is 3.